The first-order valence-electron chi connectivity index (χ1n) is 4.23. The largest absolute Gasteiger partial charge is 0.464 e. The predicted molar refractivity (Wildman–Crippen MR) is 59.3 cm³/mol. The molecule has 0 saturated heterocycles. The molecule has 0 radical (unpaired) electrons. The van der Waals surface area contributed by atoms with Crippen LogP contribution in [0.2, 0.25) is 0 Å². The summed E-state index contributed by atoms with van der Waals surface area (Å²) in [6, 6.07) is 11.8. The van der Waals surface area contributed by atoms with Crippen molar-refractivity contribution in [3.8, 4) is 11.3 Å². The van der Waals surface area contributed by atoms with Gasteiger partial charge in [-0.1, -0.05) is 24.3 Å². The third kappa shape index (κ3) is 1.97. The molecule has 1 heterocycles. The van der Waals surface area contributed by atoms with Gasteiger partial charge in [0, 0.05) is 12.1 Å². The number of halogens is 1. The summed E-state index contributed by atoms with van der Waals surface area (Å²) in [7, 11) is 0. The van der Waals surface area contributed by atoms with Crippen LogP contribution in [0.1, 0.15) is 5.56 Å². The summed E-state index contributed by atoms with van der Waals surface area (Å²) < 4.78 is 5.31. The van der Waals surface area contributed by atoms with Gasteiger partial charge in [0.2, 0.25) is 0 Å². The zero-order chi connectivity index (χ0) is 9.10. The van der Waals surface area contributed by atoms with Crippen molar-refractivity contribution in [3.05, 3.63) is 48.2 Å². The lowest BCUT2D eigenvalue weighted by Crippen LogP contribution is -1.97. The van der Waals surface area contributed by atoms with E-state index in [0.717, 1.165) is 16.9 Å². The number of rotatable bonds is 2. The molecule has 2 N–H and O–H groups in total. The van der Waals surface area contributed by atoms with Gasteiger partial charge in [0.05, 0.1) is 6.26 Å². The van der Waals surface area contributed by atoms with Crippen LogP contribution in [0.3, 0.4) is 0 Å². The van der Waals surface area contributed by atoms with Crippen molar-refractivity contribution in [2.45, 2.75) is 6.54 Å². The van der Waals surface area contributed by atoms with Gasteiger partial charge in [-0.25, -0.2) is 0 Å². The zero-order valence-electron chi connectivity index (χ0n) is 7.64. The Morgan fingerprint density at radius 1 is 1.07 bits per heavy atom. The van der Waals surface area contributed by atoms with Crippen molar-refractivity contribution in [1.29, 1.82) is 0 Å². The number of nitrogens with two attached hydrogens (primary N) is 1. The zero-order valence-corrected chi connectivity index (χ0v) is 8.46. The van der Waals surface area contributed by atoms with Crippen molar-refractivity contribution in [1.82, 2.24) is 0 Å². The van der Waals surface area contributed by atoms with Gasteiger partial charge in [0.15, 0.2) is 0 Å². The van der Waals surface area contributed by atoms with Crippen LogP contribution in [0, 0.1) is 0 Å². The van der Waals surface area contributed by atoms with Gasteiger partial charge in [-0.05, 0) is 17.7 Å². The van der Waals surface area contributed by atoms with E-state index in [1.165, 1.54) is 0 Å². The number of hydrogen-bond acceptors (Lipinski definition) is 2. The molecule has 0 unspecified atom stereocenters. The maximum Gasteiger partial charge on any atom is 0.134 e. The first-order valence-corrected chi connectivity index (χ1v) is 4.23. The fourth-order valence-corrected chi connectivity index (χ4v) is 1.37. The molecule has 0 aliphatic rings. The Labute approximate surface area is 89.1 Å². The van der Waals surface area contributed by atoms with Crippen molar-refractivity contribution in [2.24, 2.45) is 5.73 Å². The van der Waals surface area contributed by atoms with Gasteiger partial charge in [-0.3, -0.25) is 0 Å². The molecule has 2 rings (SSSR count). The first-order chi connectivity index (χ1) is 6.42. The smallest absolute Gasteiger partial charge is 0.134 e. The molecule has 74 valence electrons. The van der Waals surface area contributed by atoms with E-state index in [2.05, 4.69) is 0 Å². The highest BCUT2D eigenvalue weighted by Gasteiger charge is 2.04. The second kappa shape index (κ2) is 4.84. The number of furan rings is 1. The summed E-state index contributed by atoms with van der Waals surface area (Å²) in [6.07, 6.45) is 1.67. The van der Waals surface area contributed by atoms with Crippen molar-refractivity contribution < 1.29 is 4.42 Å². The Bertz CT molecular complexity index is 384. The Balaban J connectivity index is 0.000000980. The number of hydrogen-bond donors (Lipinski definition) is 1. The van der Waals surface area contributed by atoms with Crippen LogP contribution < -0.4 is 5.73 Å². The summed E-state index contributed by atoms with van der Waals surface area (Å²) in [5.74, 6) is 0.876. The monoisotopic (exact) mass is 209 g/mol. The van der Waals surface area contributed by atoms with E-state index < -0.39 is 0 Å². The Hall–Kier alpha value is -1.25. The molecule has 0 aliphatic carbocycles. The topological polar surface area (TPSA) is 39.2 Å². The van der Waals surface area contributed by atoms with Crippen LogP contribution in [-0.2, 0) is 6.54 Å². The molecule has 14 heavy (non-hydrogen) atoms. The molecule has 3 heteroatoms. The Morgan fingerprint density at radius 3 is 2.50 bits per heavy atom. The summed E-state index contributed by atoms with van der Waals surface area (Å²) in [5.41, 5.74) is 7.80. The fraction of sp³-hybridized carbons (Fsp3) is 0.0909. The molecule has 0 saturated carbocycles. The van der Waals surface area contributed by atoms with Crippen molar-refractivity contribution >= 4 is 12.4 Å². The van der Waals surface area contributed by atoms with Crippen molar-refractivity contribution in [2.75, 3.05) is 0 Å². The molecule has 0 bridgehead atoms. The fourth-order valence-electron chi connectivity index (χ4n) is 1.37. The first kappa shape index (κ1) is 10.8. The normalized spacial score (nSPS) is 9.50. The van der Waals surface area contributed by atoms with Gasteiger partial charge in [-0.15, -0.1) is 12.4 Å². The molecule has 1 aromatic carbocycles. The van der Waals surface area contributed by atoms with Crippen LogP contribution >= 0.6 is 12.4 Å². The highest BCUT2D eigenvalue weighted by molar-refractivity contribution is 5.85. The van der Waals surface area contributed by atoms with Gasteiger partial charge >= 0.3 is 0 Å². The lowest BCUT2D eigenvalue weighted by molar-refractivity contribution is 0.581. The highest BCUT2D eigenvalue weighted by Crippen LogP contribution is 2.23. The second-order valence-corrected chi connectivity index (χ2v) is 2.84. The minimum Gasteiger partial charge on any atom is -0.464 e. The maximum atomic E-state index is 5.62. The van der Waals surface area contributed by atoms with Crippen LogP contribution in [0.15, 0.2) is 47.1 Å². The van der Waals surface area contributed by atoms with E-state index in [1.807, 2.05) is 36.4 Å². The molecular weight excluding hydrogens is 198 g/mol. The van der Waals surface area contributed by atoms with E-state index in [0.29, 0.717) is 6.54 Å². The molecule has 0 fully saturated rings. The highest BCUT2D eigenvalue weighted by atomic mass is 35.5. The lowest BCUT2D eigenvalue weighted by Gasteiger charge is -2.03. The average molecular weight is 210 g/mol. The van der Waals surface area contributed by atoms with E-state index in [1.54, 1.807) is 6.26 Å². The van der Waals surface area contributed by atoms with Crippen LogP contribution in [-0.4, -0.2) is 0 Å². The van der Waals surface area contributed by atoms with Crippen LogP contribution in [0.5, 0.6) is 0 Å². The number of benzene rings is 1. The van der Waals surface area contributed by atoms with Crippen LogP contribution in [0.4, 0.5) is 0 Å². The molecule has 0 atom stereocenters. The lowest BCUT2D eigenvalue weighted by atomic mass is 10.1. The third-order valence-corrected chi connectivity index (χ3v) is 2.02. The summed E-state index contributed by atoms with van der Waals surface area (Å²) in [4.78, 5) is 0. The summed E-state index contributed by atoms with van der Waals surface area (Å²) >= 11 is 0. The minimum atomic E-state index is 0. The van der Waals surface area contributed by atoms with E-state index in [-0.39, 0.29) is 12.4 Å². The van der Waals surface area contributed by atoms with E-state index >= 15 is 0 Å². The minimum absolute atomic E-state index is 0. The SMILES string of the molecule is Cl.NCc1ccccc1-c1ccco1. The standard InChI is InChI=1S/C11H11NO.ClH/c12-8-9-4-1-2-5-10(9)11-6-3-7-13-11;/h1-7H,8,12H2;1H. The summed E-state index contributed by atoms with van der Waals surface area (Å²) in [6.45, 7) is 0.539. The van der Waals surface area contributed by atoms with Gasteiger partial charge in [-0.2, -0.15) is 0 Å². The molecule has 0 amide bonds. The van der Waals surface area contributed by atoms with Crippen molar-refractivity contribution in [3.63, 3.8) is 0 Å². The predicted octanol–water partition coefficient (Wildman–Crippen LogP) is 2.83. The molecule has 0 aliphatic heterocycles. The Morgan fingerprint density at radius 2 is 1.86 bits per heavy atom. The molecule has 2 nitrogen and oxygen atoms in total. The quantitative estimate of drug-likeness (QED) is 0.826. The van der Waals surface area contributed by atoms with E-state index in [9.17, 15) is 0 Å². The van der Waals surface area contributed by atoms with Gasteiger partial charge in [0.1, 0.15) is 5.76 Å². The molecular formula is C11H12ClNO. The third-order valence-electron chi connectivity index (χ3n) is 2.02. The molecule has 0 spiro atoms. The van der Waals surface area contributed by atoms with Gasteiger partial charge < -0.3 is 10.2 Å². The Kier molecular flexibility index (Phi) is 3.74. The van der Waals surface area contributed by atoms with E-state index in [4.69, 9.17) is 10.2 Å². The second-order valence-electron chi connectivity index (χ2n) is 2.84. The van der Waals surface area contributed by atoms with Gasteiger partial charge in [0.25, 0.3) is 0 Å². The van der Waals surface area contributed by atoms with Crippen LogP contribution in [0.25, 0.3) is 11.3 Å². The summed E-state index contributed by atoms with van der Waals surface area (Å²) in [5, 5.41) is 0. The molecule has 2 aromatic rings. The molecule has 1 aromatic heterocycles. The average Bonchev–Trinajstić information content (AvgIpc) is 2.70. The maximum absolute atomic E-state index is 5.62.